The fraction of sp³-hybridized carbons (Fsp3) is 0.500. The van der Waals surface area contributed by atoms with Crippen molar-refractivity contribution in [1.82, 2.24) is 0 Å². The van der Waals surface area contributed by atoms with Crippen molar-refractivity contribution in [3.05, 3.63) is 35.9 Å². The van der Waals surface area contributed by atoms with Crippen molar-refractivity contribution >= 4 is 34.8 Å². The lowest BCUT2D eigenvalue weighted by Crippen LogP contribution is -2.23. The Labute approximate surface area is 169 Å². The Morgan fingerprint density at radius 2 is 1.50 bits per heavy atom. The molecule has 1 aromatic carbocycles. The van der Waals surface area contributed by atoms with Gasteiger partial charge in [0.2, 0.25) is 0 Å². The Hall–Kier alpha value is -2.35. The van der Waals surface area contributed by atoms with Crippen molar-refractivity contribution in [2.24, 2.45) is 5.92 Å². The number of ether oxygens (including phenoxy) is 2. The molecule has 1 rings (SSSR count). The number of esters is 2. The molecule has 1 N–H and O–H groups in total. The van der Waals surface area contributed by atoms with Crippen LogP contribution in [0.4, 0.5) is 0 Å². The molecule has 0 saturated carbocycles. The highest BCUT2D eigenvalue weighted by atomic mass is 32.2. The van der Waals surface area contributed by atoms with Crippen molar-refractivity contribution in [3.8, 4) is 0 Å². The number of benzene rings is 1. The minimum atomic E-state index is -0.852. The summed E-state index contributed by atoms with van der Waals surface area (Å²) in [5.41, 5.74) is 0.990. The van der Waals surface area contributed by atoms with E-state index in [0.717, 1.165) is 17.3 Å². The lowest BCUT2D eigenvalue weighted by atomic mass is 9.89. The van der Waals surface area contributed by atoms with Crippen LogP contribution in [0.3, 0.4) is 0 Å². The van der Waals surface area contributed by atoms with Crippen LogP contribution in [0.1, 0.15) is 45.6 Å². The van der Waals surface area contributed by atoms with Crippen molar-refractivity contribution in [2.45, 2.75) is 40.0 Å². The molecule has 1 aromatic rings. The predicted octanol–water partition coefficient (Wildman–Crippen LogP) is 3.27. The largest absolute Gasteiger partial charge is 0.481 e. The Morgan fingerprint density at radius 1 is 1.00 bits per heavy atom. The summed E-state index contributed by atoms with van der Waals surface area (Å²) in [6.45, 7) is 7.29. The summed E-state index contributed by atoms with van der Waals surface area (Å²) in [7, 11) is 0. The summed E-state index contributed by atoms with van der Waals surface area (Å²) in [6, 6.07) is 9.51. The number of carbonyl (C=O) groups is 4. The van der Waals surface area contributed by atoms with E-state index in [-0.39, 0.29) is 30.7 Å². The standard InChI is InChI=1S/C13H16O3S.C7H12O4/c1-9(11-6-4-3-5-7-11)12(13(15)16)8-17-10(2)14;1-3-10-6(8)5-7(9)11-4-2/h3-7,9,12H,8H2,1-2H3,(H,15,16);3-5H2,1-2H3. The predicted molar refractivity (Wildman–Crippen MR) is 107 cm³/mol. The minimum absolute atomic E-state index is 0.0449. The van der Waals surface area contributed by atoms with Crippen LogP contribution in [-0.2, 0) is 28.7 Å². The molecule has 2 atom stereocenters. The molecule has 0 aliphatic heterocycles. The van der Waals surface area contributed by atoms with E-state index >= 15 is 0 Å². The summed E-state index contributed by atoms with van der Waals surface area (Å²) >= 11 is 1.07. The summed E-state index contributed by atoms with van der Waals surface area (Å²) in [5, 5.41) is 9.15. The number of carboxylic acids is 1. The van der Waals surface area contributed by atoms with Crippen LogP contribution in [0.2, 0.25) is 0 Å². The van der Waals surface area contributed by atoms with Crippen LogP contribution >= 0.6 is 11.8 Å². The van der Waals surface area contributed by atoms with Crippen molar-refractivity contribution in [3.63, 3.8) is 0 Å². The number of carbonyl (C=O) groups excluding carboxylic acids is 3. The zero-order valence-electron chi connectivity index (χ0n) is 16.7. The van der Waals surface area contributed by atoms with Gasteiger partial charge < -0.3 is 14.6 Å². The SMILES string of the molecule is CC(=O)SCC(C(=O)O)C(C)c1ccccc1.CCOC(=O)CC(=O)OCC. The van der Waals surface area contributed by atoms with Crippen LogP contribution in [0, 0.1) is 5.92 Å². The average Bonchev–Trinajstić information content (AvgIpc) is 2.62. The first-order chi connectivity index (χ1) is 13.2. The molecule has 28 heavy (non-hydrogen) atoms. The lowest BCUT2D eigenvalue weighted by molar-refractivity contribution is -0.154. The molecule has 0 amide bonds. The fourth-order valence-corrected chi connectivity index (χ4v) is 3.01. The van der Waals surface area contributed by atoms with Crippen LogP contribution in [0.5, 0.6) is 0 Å². The molecular weight excluding hydrogens is 384 g/mol. The number of hydrogen-bond acceptors (Lipinski definition) is 7. The van der Waals surface area contributed by atoms with Gasteiger partial charge in [-0.3, -0.25) is 19.2 Å². The van der Waals surface area contributed by atoms with Gasteiger partial charge >= 0.3 is 17.9 Å². The second-order valence-corrected chi connectivity index (χ2v) is 6.93. The van der Waals surface area contributed by atoms with Gasteiger partial charge in [0.05, 0.1) is 19.1 Å². The Balaban J connectivity index is 0.000000576. The third-order valence-electron chi connectivity index (χ3n) is 3.61. The minimum Gasteiger partial charge on any atom is -0.481 e. The smallest absolute Gasteiger partial charge is 0.317 e. The van der Waals surface area contributed by atoms with Gasteiger partial charge in [-0.1, -0.05) is 49.0 Å². The lowest BCUT2D eigenvalue weighted by Gasteiger charge is -2.19. The summed E-state index contributed by atoms with van der Waals surface area (Å²) in [5.74, 6) is -2.24. The fourth-order valence-electron chi connectivity index (χ4n) is 2.17. The Kier molecular flexibility index (Phi) is 13.4. The molecule has 0 saturated heterocycles. The van der Waals surface area contributed by atoms with Gasteiger partial charge in [-0.15, -0.1) is 0 Å². The van der Waals surface area contributed by atoms with Gasteiger partial charge in [0.15, 0.2) is 5.12 Å². The van der Waals surface area contributed by atoms with Crippen LogP contribution in [-0.4, -0.2) is 47.1 Å². The first-order valence-electron chi connectivity index (χ1n) is 8.95. The maximum absolute atomic E-state index is 11.2. The molecule has 0 heterocycles. The number of hydrogen-bond donors (Lipinski definition) is 1. The van der Waals surface area contributed by atoms with Crippen molar-refractivity contribution in [1.29, 1.82) is 0 Å². The second-order valence-electron chi connectivity index (χ2n) is 5.73. The van der Waals surface area contributed by atoms with E-state index in [9.17, 15) is 24.3 Å². The summed E-state index contributed by atoms with van der Waals surface area (Å²) < 4.78 is 9.04. The maximum atomic E-state index is 11.2. The number of rotatable bonds is 9. The molecule has 0 spiro atoms. The van der Waals surface area contributed by atoms with E-state index in [2.05, 4.69) is 9.47 Å². The van der Waals surface area contributed by atoms with E-state index in [1.807, 2.05) is 37.3 Å². The van der Waals surface area contributed by atoms with Gasteiger partial charge in [0.25, 0.3) is 0 Å². The molecule has 156 valence electrons. The van der Waals surface area contributed by atoms with Crippen molar-refractivity contribution < 1.29 is 33.8 Å². The van der Waals surface area contributed by atoms with E-state index in [1.165, 1.54) is 6.92 Å². The molecule has 0 fully saturated rings. The molecule has 0 aliphatic carbocycles. The van der Waals surface area contributed by atoms with Crippen LogP contribution < -0.4 is 0 Å². The number of aliphatic carboxylic acids is 1. The molecule has 0 radical (unpaired) electrons. The normalized spacial score (nSPS) is 12.0. The average molecular weight is 413 g/mol. The molecule has 0 aliphatic rings. The molecule has 7 nitrogen and oxygen atoms in total. The first kappa shape index (κ1) is 25.6. The zero-order valence-corrected chi connectivity index (χ0v) is 17.5. The van der Waals surface area contributed by atoms with Gasteiger partial charge in [0, 0.05) is 12.7 Å². The summed E-state index contributed by atoms with van der Waals surface area (Å²) in [4.78, 5) is 43.3. The first-order valence-corrected chi connectivity index (χ1v) is 9.93. The highest BCUT2D eigenvalue weighted by molar-refractivity contribution is 8.13. The zero-order chi connectivity index (χ0) is 21.5. The topological polar surface area (TPSA) is 107 Å². The molecule has 0 bridgehead atoms. The van der Waals surface area contributed by atoms with E-state index in [1.54, 1.807) is 13.8 Å². The maximum Gasteiger partial charge on any atom is 0.317 e. The summed E-state index contributed by atoms with van der Waals surface area (Å²) in [6.07, 6.45) is -0.290. The number of thioether (sulfide) groups is 1. The van der Waals surface area contributed by atoms with E-state index < -0.39 is 23.8 Å². The Morgan fingerprint density at radius 3 is 1.89 bits per heavy atom. The van der Waals surface area contributed by atoms with Crippen molar-refractivity contribution in [2.75, 3.05) is 19.0 Å². The highest BCUT2D eigenvalue weighted by Gasteiger charge is 2.26. The molecule has 2 unspecified atom stereocenters. The third-order valence-corrected chi connectivity index (χ3v) is 4.54. The molecule has 8 heteroatoms. The van der Waals surface area contributed by atoms with Gasteiger partial charge in [-0.2, -0.15) is 0 Å². The molecule has 0 aromatic heterocycles. The monoisotopic (exact) mass is 412 g/mol. The van der Waals surface area contributed by atoms with Gasteiger partial charge in [0.1, 0.15) is 6.42 Å². The van der Waals surface area contributed by atoms with Gasteiger partial charge in [-0.25, -0.2) is 0 Å². The second kappa shape index (κ2) is 14.7. The number of carboxylic acid groups (broad SMARTS) is 1. The van der Waals surface area contributed by atoms with E-state index in [4.69, 9.17) is 0 Å². The molecular formula is C20H28O7S. The van der Waals surface area contributed by atoms with E-state index in [0.29, 0.717) is 5.75 Å². The highest BCUT2D eigenvalue weighted by Crippen LogP contribution is 2.27. The quantitative estimate of drug-likeness (QED) is 0.486. The van der Waals surface area contributed by atoms with Crippen LogP contribution in [0.25, 0.3) is 0 Å². The van der Waals surface area contributed by atoms with Gasteiger partial charge in [-0.05, 0) is 25.3 Å². The van der Waals surface area contributed by atoms with Crippen LogP contribution in [0.15, 0.2) is 30.3 Å². The Bertz CT molecular complexity index is 615. The third kappa shape index (κ3) is 11.4.